The number of aliphatic hydroxyl groups is 1. The van der Waals surface area contributed by atoms with Crippen LogP contribution >= 0.6 is 0 Å². The van der Waals surface area contributed by atoms with Crippen molar-refractivity contribution in [2.75, 3.05) is 13.2 Å². The molecule has 0 aromatic heterocycles. The van der Waals surface area contributed by atoms with Crippen LogP contribution in [0.3, 0.4) is 0 Å². The van der Waals surface area contributed by atoms with E-state index in [1.165, 1.54) is 64.2 Å². The minimum Gasteiger partial charge on any atom is -0.462 e. The predicted octanol–water partition coefficient (Wildman–Crippen LogP) is 7.13. The molecular weight excluding hydrogens is 404 g/mol. The van der Waals surface area contributed by atoms with Gasteiger partial charge in [0.15, 0.2) is 6.10 Å². The van der Waals surface area contributed by atoms with E-state index in [9.17, 15) is 14.7 Å². The van der Waals surface area contributed by atoms with Crippen LogP contribution in [0.2, 0.25) is 0 Å². The monoisotopic (exact) mass is 456 g/mol. The lowest BCUT2D eigenvalue weighted by atomic mass is 10.0. The van der Waals surface area contributed by atoms with E-state index in [-0.39, 0.29) is 25.2 Å². The zero-order valence-electron chi connectivity index (χ0n) is 21.4. The SMILES string of the molecule is CCCCCCCCCC(=O)O[C@@H](CO)COC(=O)CCCCCCCCCCC(C)C. The summed E-state index contributed by atoms with van der Waals surface area (Å²) in [6, 6.07) is 0. The molecule has 32 heavy (non-hydrogen) atoms. The van der Waals surface area contributed by atoms with Gasteiger partial charge in [0.2, 0.25) is 0 Å². The Balaban J connectivity index is 3.61. The number of esters is 2. The Morgan fingerprint density at radius 2 is 1.16 bits per heavy atom. The first-order valence-electron chi connectivity index (χ1n) is 13.5. The summed E-state index contributed by atoms with van der Waals surface area (Å²) in [6.07, 6.45) is 18.8. The van der Waals surface area contributed by atoms with Crippen LogP contribution in [0.1, 0.15) is 136 Å². The maximum atomic E-state index is 11.9. The minimum atomic E-state index is -0.758. The van der Waals surface area contributed by atoms with Crippen LogP contribution in [0, 0.1) is 5.92 Å². The molecule has 0 rings (SSSR count). The highest BCUT2D eigenvalue weighted by Crippen LogP contribution is 2.13. The van der Waals surface area contributed by atoms with E-state index in [4.69, 9.17) is 9.47 Å². The van der Waals surface area contributed by atoms with Crippen molar-refractivity contribution in [3.05, 3.63) is 0 Å². The maximum Gasteiger partial charge on any atom is 0.306 e. The number of unbranched alkanes of at least 4 members (excludes halogenated alkanes) is 13. The highest BCUT2D eigenvalue weighted by Gasteiger charge is 2.16. The van der Waals surface area contributed by atoms with Gasteiger partial charge in [-0.05, 0) is 18.8 Å². The molecule has 0 aromatic carbocycles. The van der Waals surface area contributed by atoms with Crippen molar-refractivity contribution in [1.29, 1.82) is 0 Å². The number of hydrogen-bond donors (Lipinski definition) is 1. The highest BCUT2D eigenvalue weighted by atomic mass is 16.6. The molecule has 1 N–H and O–H groups in total. The lowest BCUT2D eigenvalue weighted by molar-refractivity contribution is -0.161. The summed E-state index contributed by atoms with van der Waals surface area (Å²) in [7, 11) is 0. The van der Waals surface area contributed by atoms with Crippen molar-refractivity contribution in [2.45, 2.75) is 142 Å². The molecule has 0 amide bonds. The van der Waals surface area contributed by atoms with Crippen molar-refractivity contribution in [3.63, 3.8) is 0 Å². The van der Waals surface area contributed by atoms with Crippen molar-refractivity contribution < 1.29 is 24.2 Å². The number of ether oxygens (including phenoxy) is 2. The molecule has 0 aliphatic carbocycles. The number of aliphatic hydroxyl groups excluding tert-OH is 1. The van der Waals surface area contributed by atoms with E-state index in [1.807, 2.05) is 0 Å². The first-order valence-corrected chi connectivity index (χ1v) is 13.5. The van der Waals surface area contributed by atoms with Crippen LogP contribution in [0.5, 0.6) is 0 Å². The van der Waals surface area contributed by atoms with Gasteiger partial charge in [-0.1, -0.05) is 111 Å². The Kier molecular flexibility index (Phi) is 22.3. The maximum absolute atomic E-state index is 11.9. The second-order valence-corrected chi connectivity index (χ2v) is 9.61. The Bertz CT molecular complexity index is 436. The Hall–Kier alpha value is -1.10. The first-order chi connectivity index (χ1) is 15.5. The van der Waals surface area contributed by atoms with E-state index in [0.717, 1.165) is 44.4 Å². The lowest BCUT2D eigenvalue weighted by Crippen LogP contribution is -2.28. The average Bonchev–Trinajstić information content (AvgIpc) is 2.77. The first kappa shape index (κ1) is 30.9. The minimum absolute atomic E-state index is 0.0610. The van der Waals surface area contributed by atoms with Crippen molar-refractivity contribution >= 4 is 11.9 Å². The van der Waals surface area contributed by atoms with Gasteiger partial charge in [0.25, 0.3) is 0 Å². The number of carbonyl (C=O) groups is 2. The third-order valence-electron chi connectivity index (χ3n) is 5.83. The topological polar surface area (TPSA) is 72.8 Å². The largest absolute Gasteiger partial charge is 0.462 e. The molecule has 0 aliphatic heterocycles. The summed E-state index contributed by atoms with van der Waals surface area (Å²) in [5.41, 5.74) is 0. The van der Waals surface area contributed by atoms with Crippen LogP contribution in [0.25, 0.3) is 0 Å². The van der Waals surface area contributed by atoms with Gasteiger partial charge in [0.05, 0.1) is 6.61 Å². The third-order valence-corrected chi connectivity index (χ3v) is 5.83. The van der Waals surface area contributed by atoms with Gasteiger partial charge < -0.3 is 14.6 Å². The second kappa shape index (κ2) is 23.1. The number of hydrogen-bond acceptors (Lipinski definition) is 5. The zero-order valence-corrected chi connectivity index (χ0v) is 21.4. The van der Waals surface area contributed by atoms with Gasteiger partial charge in [0, 0.05) is 12.8 Å². The second-order valence-electron chi connectivity index (χ2n) is 9.61. The van der Waals surface area contributed by atoms with E-state index in [0.29, 0.717) is 12.8 Å². The number of carbonyl (C=O) groups excluding carboxylic acids is 2. The molecule has 0 spiro atoms. The summed E-state index contributed by atoms with van der Waals surface area (Å²) >= 11 is 0. The van der Waals surface area contributed by atoms with E-state index < -0.39 is 6.10 Å². The van der Waals surface area contributed by atoms with Gasteiger partial charge in [-0.2, -0.15) is 0 Å². The fourth-order valence-electron chi connectivity index (χ4n) is 3.74. The van der Waals surface area contributed by atoms with Crippen molar-refractivity contribution in [1.82, 2.24) is 0 Å². The Morgan fingerprint density at radius 1 is 0.688 bits per heavy atom. The summed E-state index contributed by atoms with van der Waals surface area (Å²) in [6.45, 7) is 6.36. The highest BCUT2D eigenvalue weighted by molar-refractivity contribution is 5.70. The summed E-state index contributed by atoms with van der Waals surface area (Å²) < 4.78 is 10.4. The van der Waals surface area contributed by atoms with Gasteiger partial charge in [-0.15, -0.1) is 0 Å². The summed E-state index contributed by atoms with van der Waals surface area (Å²) in [5.74, 6) is 0.211. The third kappa shape index (κ3) is 22.1. The van der Waals surface area contributed by atoms with E-state index in [2.05, 4.69) is 20.8 Å². The molecule has 190 valence electrons. The molecule has 0 fully saturated rings. The fourth-order valence-corrected chi connectivity index (χ4v) is 3.74. The van der Waals surface area contributed by atoms with Gasteiger partial charge >= 0.3 is 11.9 Å². The molecule has 0 bridgehead atoms. The fraction of sp³-hybridized carbons (Fsp3) is 0.926. The van der Waals surface area contributed by atoms with E-state index >= 15 is 0 Å². The zero-order chi connectivity index (χ0) is 23.9. The molecule has 5 heteroatoms. The summed E-state index contributed by atoms with van der Waals surface area (Å²) in [4.78, 5) is 23.8. The van der Waals surface area contributed by atoms with Crippen LogP contribution in [-0.2, 0) is 19.1 Å². The van der Waals surface area contributed by atoms with Crippen molar-refractivity contribution in [2.24, 2.45) is 5.92 Å². The number of rotatable bonds is 23. The predicted molar refractivity (Wildman–Crippen MR) is 132 cm³/mol. The molecule has 0 radical (unpaired) electrons. The van der Waals surface area contributed by atoms with Crippen LogP contribution in [0.15, 0.2) is 0 Å². The van der Waals surface area contributed by atoms with Crippen LogP contribution in [-0.4, -0.2) is 36.4 Å². The molecule has 0 heterocycles. The van der Waals surface area contributed by atoms with Crippen LogP contribution < -0.4 is 0 Å². The molecule has 0 unspecified atom stereocenters. The van der Waals surface area contributed by atoms with Gasteiger partial charge in [0.1, 0.15) is 6.61 Å². The standard InChI is InChI=1S/C27H52O5/c1-4-5-6-7-10-15-18-21-27(30)32-25(22-28)23-31-26(29)20-17-14-12-9-8-11-13-16-19-24(2)3/h24-25,28H,4-23H2,1-3H3/t25-/m0/s1. The summed E-state index contributed by atoms with van der Waals surface area (Å²) in [5, 5.41) is 9.39. The lowest BCUT2D eigenvalue weighted by Gasteiger charge is -2.15. The molecule has 5 nitrogen and oxygen atoms in total. The van der Waals surface area contributed by atoms with Gasteiger partial charge in [-0.25, -0.2) is 0 Å². The average molecular weight is 457 g/mol. The quantitative estimate of drug-likeness (QED) is 0.131. The van der Waals surface area contributed by atoms with Crippen LogP contribution in [0.4, 0.5) is 0 Å². The normalized spacial score (nSPS) is 12.2. The Morgan fingerprint density at radius 3 is 1.66 bits per heavy atom. The molecule has 0 aromatic rings. The molecule has 0 saturated carbocycles. The van der Waals surface area contributed by atoms with Gasteiger partial charge in [-0.3, -0.25) is 9.59 Å². The molecular formula is C27H52O5. The van der Waals surface area contributed by atoms with Crippen molar-refractivity contribution in [3.8, 4) is 0 Å². The smallest absolute Gasteiger partial charge is 0.306 e. The van der Waals surface area contributed by atoms with E-state index in [1.54, 1.807) is 0 Å². The molecule has 1 atom stereocenters. The molecule has 0 saturated heterocycles. The Labute approximate surface area is 198 Å². The molecule has 0 aliphatic rings.